The van der Waals surface area contributed by atoms with Gasteiger partial charge < -0.3 is 9.73 Å². The van der Waals surface area contributed by atoms with Crippen LogP contribution in [0, 0.1) is 0 Å². The Morgan fingerprint density at radius 1 is 0.913 bits per heavy atom. The predicted octanol–water partition coefficient (Wildman–Crippen LogP) is 4.27. The molecule has 114 valence electrons. The molecule has 0 saturated heterocycles. The van der Waals surface area contributed by atoms with Crippen LogP contribution in [0.5, 0.6) is 0 Å². The van der Waals surface area contributed by atoms with Gasteiger partial charge in [-0.3, -0.25) is 5.43 Å². The Bertz CT molecular complexity index is 797. The smallest absolute Gasteiger partial charge is 0.191 e. The Kier molecular flexibility index (Phi) is 4.81. The van der Waals surface area contributed by atoms with Crippen molar-refractivity contribution in [3.63, 3.8) is 0 Å². The van der Waals surface area contributed by atoms with Gasteiger partial charge in [-0.05, 0) is 36.5 Å². The summed E-state index contributed by atoms with van der Waals surface area (Å²) in [6.45, 7) is 0. The molecule has 3 aromatic rings. The third kappa shape index (κ3) is 4.28. The molecule has 0 aliphatic carbocycles. The number of para-hydroxylation sites is 1. The van der Waals surface area contributed by atoms with Gasteiger partial charge >= 0.3 is 0 Å². The molecule has 2 N–H and O–H groups in total. The third-order valence-corrected chi connectivity index (χ3v) is 3.27. The monoisotopic (exact) mass is 321 g/mol. The number of hydrazone groups is 1. The van der Waals surface area contributed by atoms with Crippen LogP contribution in [0.15, 0.2) is 82.3 Å². The Morgan fingerprint density at radius 2 is 1.61 bits per heavy atom. The maximum Gasteiger partial charge on any atom is 0.191 e. The first kappa shape index (κ1) is 15.0. The van der Waals surface area contributed by atoms with Gasteiger partial charge in [0.05, 0.1) is 6.21 Å². The standard InChI is InChI=1S/C18H15N3OS/c23-18(20-15-9-5-2-6-10-15)21-19-13-16-11-12-17(22-16)14-7-3-1-4-8-14/h1-13H,(H2,20,21,23)/b19-13+. The zero-order valence-electron chi connectivity index (χ0n) is 12.3. The van der Waals surface area contributed by atoms with Crippen molar-refractivity contribution >= 4 is 29.2 Å². The summed E-state index contributed by atoms with van der Waals surface area (Å²) in [5.74, 6) is 1.45. The van der Waals surface area contributed by atoms with Crippen LogP contribution in [0.2, 0.25) is 0 Å². The van der Waals surface area contributed by atoms with Crippen molar-refractivity contribution in [1.82, 2.24) is 5.43 Å². The summed E-state index contributed by atoms with van der Waals surface area (Å²) in [5, 5.41) is 7.53. The molecule has 0 bridgehead atoms. The second-order valence-electron chi connectivity index (χ2n) is 4.76. The zero-order chi connectivity index (χ0) is 15.9. The van der Waals surface area contributed by atoms with E-state index < -0.39 is 0 Å². The van der Waals surface area contributed by atoms with Crippen molar-refractivity contribution in [3.8, 4) is 11.3 Å². The number of thiocarbonyl (C=S) groups is 1. The molecule has 0 fully saturated rings. The minimum Gasteiger partial charge on any atom is -0.455 e. The molecule has 1 heterocycles. The molecule has 23 heavy (non-hydrogen) atoms. The Balaban J connectivity index is 1.56. The number of furan rings is 1. The predicted molar refractivity (Wildman–Crippen MR) is 97.5 cm³/mol. The highest BCUT2D eigenvalue weighted by molar-refractivity contribution is 7.80. The molecule has 2 aromatic carbocycles. The van der Waals surface area contributed by atoms with Crippen LogP contribution in [-0.4, -0.2) is 11.3 Å². The van der Waals surface area contributed by atoms with E-state index in [0.717, 1.165) is 17.0 Å². The second kappa shape index (κ2) is 7.38. The highest BCUT2D eigenvalue weighted by Gasteiger charge is 2.02. The summed E-state index contributed by atoms with van der Waals surface area (Å²) in [7, 11) is 0. The summed E-state index contributed by atoms with van der Waals surface area (Å²) in [6, 6.07) is 23.4. The SMILES string of the molecule is S=C(N/N=C/c1ccc(-c2ccccc2)o1)Nc1ccccc1. The van der Waals surface area contributed by atoms with Gasteiger partial charge in [0.15, 0.2) is 5.11 Å². The summed E-state index contributed by atoms with van der Waals surface area (Å²) >= 11 is 5.17. The molecule has 0 aliphatic heterocycles. The van der Waals surface area contributed by atoms with Gasteiger partial charge in [-0.25, -0.2) is 0 Å². The number of hydrogen-bond donors (Lipinski definition) is 2. The first-order chi connectivity index (χ1) is 11.3. The topological polar surface area (TPSA) is 49.6 Å². The van der Waals surface area contributed by atoms with Crippen LogP contribution in [0.1, 0.15) is 5.76 Å². The molecule has 5 heteroatoms. The van der Waals surface area contributed by atoms with Gasteiger partial charge in [-0.1, -0.05) is 48.5 Å². The van der Waals surface area contributed by atoms with Gasteiger partial charge in [0.1, 0.15) is 11.5 Å². The molecule has 0 aliphatic rings. The summed E-state index contributed by atoms with van der Waals surface area (Å²) in [6.07, 6.45) is 1.59. The number of anilines is 1. The Morgan fingerprint density at radius 3 is 2.35 bits per heavy atom. The largest absolute Gasteiger partial charge is 0.455 e. The van der Waals surface area contributed by atoms with Crippen molar-refractivity contribution in [2.75, 3.05) is 5.32 Å². The Labute approximate surface area is 139 Å². The first-order valence-electron chi connectivity index (χ1n) is 7.11. The molecule has 0 amide bonds. The Hall–Kier alpha value is -2.92. The first-order valence-corrected chi connectivity index (χ1v) is 7.52. The van der Waals surface area contributed by atoms with Crippen LogP contribution < -0.4 is 10.7 Å². The van der Waals surface area contributed by atoms with Gasteiger partial charge in [0.25, 0.3) is 0 Å². The molecule has 0 spiro atoms. The van der Waals surface area contributed by atoms with Crippen LogP contribution in [-0.2, 0) is 0 Å². The van der Waals surface area contributed by atoms with E-state index in [4.69, 9.17) is 16.6 Å². The van der Waals surface area contributed by atoms with E-state index in [0.29, 0.717) is 10.9 Å². The third-order valence-electron chi connectivity index (χ3n) is 3.07. The van der Waals surface area contributed by atoms with E-state index in [1.54, 1.807) is 6.21 Å². The van der Waals surface area contributed by atoms with Crippen molar-refractivity contribution in [1.29, 1.82) is 0 Å². The lowest BCUT2D eigenvalue weighted by atomic mass is 10.2. The molecular formula is C18H15N3OS. The average molecular weight is 321 g/mol. The van der Waals surface area contributed by atoms with E-state index in [9.17, 15) is 0 Å². The lowest BCUT2D eigenvalue weighted by Gasteiger charge is -2.05. The van der Waals surface area contributed by atoms with Gasteiger partial charge in [-0.15, -0.1) is 0 Å². The molecule has 0 atom stereocenters. The quantitative estimate of drug-likeness (QED) is 0.428. The molecule has 4 nitrogen and oxygen atoms in total. The lowest BCUT2D eigenvalue weighted by molar-refractivity contribution is 0.574. The molecule has 0 saturated carbocycles. The average Bonchev–Trinajstić information content (AvgIpc) is 3.05. The second-order valence-corrected chi connectivity index (χ2v) is 5.17. The molecule has 3 rings (SSSR count). The number of nitrogens with one attached hydrogen (secondary N) is 2. The minimum atomic E-state index is 0.419. The fraction of sp³-hybridized carbons (Fsp3) is 0. The number of nitrogens with zero attached hydrogens (tertiary/aromatic N) is 1. The maximum absolute atomic E-state index is 5.72. The van der Waals surface area contributed by atoms with Crippen LogP contribution >= 0.6 is 12.2 Å². The lowest BCUT2D eigenvalue weighted by Crippen LogP contribution is -2.23. The zero-order valence-corrected chi connectivity index (χ0v) is 13.1. The number of benzene rings is 2. The van der Waals surface area contributed by atoms with E-state index in [-0.39, 0.29) is 0 Å². The van der Waals surface area contributed by atoms with E-state index in [1.807, 2.05) is 72.8 Å². The highest BCUT2D eigenvalue weighted by atomic mass is 32.1. The summed E-state index contributed by atoms with van der Waals surface area (Å²) in [4.78, 5) is 0. The maximum atomic E-state index is 5.72. The van der Waals surface area contributed by atoms with E-state index >= 15 is 0 Å². The molecule has 0 radical (unpaired) electrons. The van der Waals surface area contributed by atoms with Crippen LogP contribution in [0.4, 0.5) is 5.69 Å². The fourth-order valence-electron chi connectivity index (χ4n) is 2.01. The molecule has 0 unspecified atom stereocenters. The number of rotatable bonds is 4. The van der Waals surface area contributed by atoms with Crippen LogP contribution in [0.25, 0.3) is 11.3 Å². The van der Waals surface area contributed by atoms with Crippen LogP contribution in [0.3, 0.4) is 0 Å². The summed E-state index contributed by atoms with van der Waals surface area (Å²) in [5.41, 5.74) is 4.69. The van der Waals surface area contributed by atoms with Gasteiger partial charge in [-0.2, -0.15) is 5.10 Å². The highest BCUT2D eigenvalue weighted by Crippen LogP contribution is 2.20. The normalized spacial score (nSPS) is 10.6. The van der Waals surface area contributed by atoms with E-state index in [1.165, 1.54) is 0 Å². The molecule has 1 aromatic heterocycles. The van der Waals surface area contributed by atoms with E-state index in [2.05, 4.69) is 15.8 Å². The van der Waals surface area contributed by atoms with Crippen molar-refractivity contribution < 1.29 is 4.42 Å². The fourth-order valence-corrected chi connectivity index (χ4v) is 2.19. The minimum absolute atomic E-state index is 0.419. The van der Waals surface area contributed by atoms with Crippen molar-refractivity contribution in [2.45, 2.75) is 0 Å². The number of hydrogen-bond acceptors (Lipinski definition) is 3. The van der Waals surface area contributed by atoms with Crippen molar-refractivity contribution in [2.24, 2.45) is 5.10 Å². The van der Waals surface area contributed by atoms with Crippen molar-refractivity contribution in [3.05, 3.63) is 78.6 Å². The summed E-state index contributed by atoms with van der Waals surface area (Å²) < 4.78 is 5.72. The van der Waals surface area contributed by atoms with Gasteiger partial charge in [0, 0.05) is 11.3 Å². The molecular weight excluding hydrogens is 306 g/mol. The van der Waals surface area contributed by atoms with Gasteiger partial charge in [0.2, 0.25) is 0 Å².